The molecule has 1 aliphatic carbocycles. The Balaban J connectivity index is 0.738. The lowest BCUT2D eigenvalue weighted by molar-refractivity contribution is -0.172. The summed E-state index contributed by atoms with van der Waals surface area (Å²) >= 11 is 0. The van der Waals surface area contributed by atoms with Gasteiger partial charge in [-0.2, -0.15) is 0 Å². The Morgan fingerprint density at radius 3 is 1.64 bits per heavy atom. The van der Waals surface area contributed by atoms with Crippen LogP contribution in [0.1, 0.15) is 130 Å². The molecule has 8 rings (SSSR count). The van der Waals surface area contributed by atoms with Gasteiger partial charge in [0, 0.05) is 96.4 Å². The smallest absolute Gasteiger partial charge is 0.407 e. The number of rotatable bonds is 66. The zero-order valence-corrected chi connectivity index (χ0v) is 80.8. The predicted octanol–water partition coefficient (Wildman–Crippen LogP) is -7.92. The largest absolute Gasteiger partial charge is 0.458 e. The van der Waals surface area contributed by atoms with Crippen molar-refractivity contribution < 1.29 is 182 Å². The summed E-state index contributed by atoms with van der Waals surface area (Å²) in [5.74, 6) is -6.77. The number of anilines is 1. The number of hydrogen-bond donors (Lipinski definition) is 26. The molecule has 7 unspecified atom stereocenters. The van der Waals surface area contributed by atoms with Crippen molar-refractivity contribution in [1.29, 1.82) is 0 Å². The van der Waals surface area contributed by atoms with Crippen molar-refractivity contribution in [2.24, 2.45) is 11.7 Å². The lowest BCUT2D eigenvalue weighted by Crippen LogP contribution is -2.57. The maximum Gasteiger partial charge on any atom is 0.407 e. The Kier molecular flexibility index (Phi) is 48.0. The number of nitrogens with zero attached hydrogens (tertiary/aromatic N) is 4. The molecular weight excluding hydrogens is 1910 g/mol. The van der Waals surface area contributed by atoms with Crippen LogP contribution in [0.4, 0.5) is 19.7 Å². The number of aromatic nitrogens is 2. The van der Waals surface area contributed by atoms with Crippen molar-refractivity contribution >= 4 is 86.3 Å². The number of aryl methyl sites for hydroxylation is 1. The summed E-state index contributed by atoms with van der Waals surface area (Å²) in [6.45, 7) is -2.66. The molecule has 4 aromatic rings. The van der Waals surface area contributed by atoms with Gasteiger partial charge in [0.15, 0.2) is 11.7 Å². The summed E-state index contributed by atoms with van der Waals surface area (Å²) in [5.41, 5.74) is 5.55. The quantitative estimate of drug-likeness (QED) is 0.00744. The average molecular weight is 2050 g/mol. The van der Waals surface area contributed by atoms with E-state index >= 15 is 4.39 Å². The average Bonchev–Trinajstić information content (AvgIpc) is 1.14. The predicted molar refractivity (Wildman–Crippen MR) is 498 cm³/mol. The number of cyclic esters (lactones) is 1. The van der Waals surface area contributed by atoms with E-state index in [1.54, 1.807) is 32.9 Å². The summed E-state index contributed by atoms with van der Waals surface area (Å²) < 4.78 is 60.0. The number of fused-ring (bicyclic) bond motifs is 5. The molecule has 51 heteroatoms. The third kappa shape index (κ3) is 34.9. The molecule has 797 valence electrons. The van der Waals surface area contributed by atoms with Gasteiger partial charge in [-0.1, -0.05) is 39.3 Å². The fraction of sp³-hybridized carbons (Fsp3) is 0.652. The second-order valence-electron chi connectivity index (χ2n) is 36.2. The normalized spacial score (nSPS) is 19.0. The van der Waals surface area contributed by atoms with Crippen LogP contribution in [0.2, 0.25) is 5.54 Å². The Morgan fingerprint density at radius 2 is 1.11 bits per heavy atom. The van der Waals surface area contributed by atoms with E-state index in [2.05, 4.69) is 47.5 Å². The molecule has 3 aliphatic heterocycles. The van der Waals surface area contributed by atoms with Crippen molar-refractivity contribution in [2.75, 3.05) is 137 Å². The Labute approximate surface area is 824 Å². The lowest BCUT2D eigenvalue weighted by atomic mass is 9.81. The second kappa shape index (κ2) is 57.9. The van der Waals surface area contributed by atoms with Gasteiger partial charge in [-0.05, 0) is 117 Å². The number of alkyl carbamates (subject to hydrolysis) is 1. The standard InChI is InChI=1S/C92H136FN12O37Si/c1-47(2)78(87(129)100-65(12-10-23-96-90(94)132)84(126)97-51-16-14-50(15-17-51)33-142-91(133)101-63-19-18-58-48(3)62(93)26-66-76(58)77(63)59-28-105-67(79(59)99-66)25-61-60(88(105)130)45-141-89(131)92(61,134)49(4)143)102-85(127)64(98-73(119)13-6-5-9-24-104-74(120)20-21-75(104)121)11-7-8-22-95-86(128)72(118)46-140-44-57(113)43-139-42-56(112)41-138-40-55(111)39-137-38-54(110)37-136-36-53(109)35-135-34-52(108)27-103(29-68(114)80(122)82(124)70(116)31-106)30-69(115)81(123)83(125)71(117)32-107/h14-17,20-21,25-26,47,49,52-57,63-65,68-72,78,80-83,106-118,122-125,134H,5-13,18-19,22-24,27-46H2,1-4H3,(H,95,128)(H,97,126)(H,98,119)(H,100,129)(H,101,133)(H,102,127)(H3,94,96,132)/t49-,52?,53?,54?,55?,56?,57?,63+,64+,65+,68+,69+,70-,71-,72?,78+,80-,81-,82-,83-,92+/m1/s1. The highest BCUT2D eigenvalue weighted by Gasteiger charge is 2.50. The van der Waals surface area contributed by atoms with E-state index in [9.17, 15) is 134 Å². The summed E-state index contributed by atoms with van der Waals surface area (Å²) in [6, 6.07) is 3.49. The Hall–Kier alpha value is -9.81. The summed E-state index contributed by atoms with van der Waals surface area (Å²) in [4.78, 5) is 154. The van der Waals surface area contributed by atoms with Gasteiger partial charge in [0.25, 0.3) is 23.3 Å². The summed E-state index contributed by atoms with van der Waals surface area (Å²) in [6.07, 6.45) is -21.8. The van der Waals surface area contributed by atoms with Crippen LogP contribution in [0.5, 0.6) is 0 Å². The van der Waals surface area contributed by atoms with Crippen molar-refractivity contribution in [1.82, 2.24) is 51.3 Å². The molecule has 0 fully saturated rings. The fourth-order valence-corrected chi connectivity index (χ4v) is 16.6. The Bertz CT molecular complexity index is 4910. The first-order chi connectivity index (χ1) is 67.9. The molecule has 2 aromatic heterocycles. The highest BCUT2D eigenvalue weighted by atomic mass is 28.1. The molecule has 21 atom stereocenters. The molecule has 4 aliphatic rings. The van der Waals surface area contributed by atoms with Crippen LogP contribution < -0.4 is 48.5 Å². The minimum Gasteiger partial charge on any atom is -0.458 e. The number of aliphatic hydroxyl groups excluding tert-OH is 17. The number of halogens is 1. The van der Waals surface area contributed by atoms with Gasteiger partial charge in [-0.3, -0.25) is 48.2 Å². The number of nitrogens with two attached hydrogens (primary N) is 1. The van der Waals surface area contributed by atoms with Crippen molar-refractivity contribution in [3.05, 3.63) is 104 Å². The monoisotopic (exact) mass is 2050 g/mol. The first-order valence-electron chi connectivity index (χ1n) is 47.1. The number of primary amides is 1. The number of amides is 10. The number of benzene rings is 2. The molecular formula is C92H136FN12O37Si. The highest BCUT2D eigenvalue weighted by molar-refractivity contribution is 6.15. The van der Waals surface area contributed by atoms with Crippen molar-refractivity contribution in [3.63, 3.8) is 0 Å². The van der Waals surface area contributed by atoms with E-state index in [4.69, 9.17) is 58.8 Å². The maximum atomic E-state index is 15.7. The van der Waals surface area contributed by atoms with Crippen LogP contribution in [0.3, 0.4) is 0 Å². The number of ether oxygens (including phenoxy) is 8. The second-order valence-corrected chi connectivity index (χ2v) is 37.0. The molecule has 0 saturated heterocycles. The summed E-state index contributed by atoms with van der Waals surface area (Å²) in [7, 11) is 3.38. The number of unbranched alkanes of at least 4 members (excludes halogenated alkanes) is 3. The third-order valence-electron chi connectivity index (χ3n) is 24.2. The molecule has 5 heterocycles. The van der Waals surface area contributed by atoms with Gasteiger partial charge in [-0.15, -0.1) is 0 Å². The van der Waals surface area contributed by atoms with E-state index in [0.717, 1.165) is 22.0 Å². The number of pyridine rings is 2. The van der Waals surface area contributed by atoms with Crippen LogP contribution >= 0.6 is 0 Å². The molecule has 3 radical (unpaired) electrons. The van der Waals surface area contributed by atoms with E-state index in [0.29, 0.717) is 64.6 Å². The first kappa shape index (κ1) is 118. The molecule has 49 nitrogen and oxygen atoms in total. The SMILES string of the molecule is Cc1c(F)cc2nc3c(c4c2c1CC[C@@H]4NC(=O)OCc1ccc(NC(=O)[C@H](CCCNC(N)=O)NC(=O)[C@@H](NC(=O)[C@H](CCCCNC(=O)C(O)COCC(O)COCC(O)COCC(O)COCC(O)COCC(O)COCC(O)CN(C[C@H](O)[C@@H](O)[C@H](O)[C@H](O)CO)C[C@H](O)[C@@H](O)[C@H](O)[C@H](O)CO)NC(=O)CCCCCN2C(=O)C=CC2=O)C(C)C)cc1)Cn1c-3cc2c(c1=O)COC(=O)[C@]2(O)[C@@H](C)[Si]. The third-order valence-corrected chi connectivity index (χ3v) is 24.6. The topological polar surface area (TPSA) is 760 Å². The van der Waals surface area contributed by atoms with Gasteiger partial charge < -0.3 is 177 Å². The molecule has 0 spiro atoms. The van der Waals surface area contributed by atoms with Crippen molar-refractivity contribution in [2.45, 2.75) is 245 Å². The minimum atomic E-state index is -2.23. The van der Waals surface area contributed by atoms with Crippen LogP contribution in [-0.4, -0.2) is 422 Å². The maximum absolute atomic E-state index is 15.7. The number of urea groups is 1. The van der Waals surface area contributed by atoms with E-state index in [1.807, 2.05) is 0 Å². The molecule has 2 aromatic carbocycles. The zero-order chi connectivity index (χ0) is 105. The highest BCUT2D eigenvalue weighted by Crippen LogP contribution is 2.47. The molecule has 0 bridgehead atoms. The number of imide groups is 1. The number of esters is 1. The number of aliphatic hydroxyl groups is 18. The first-order valence-corrected chi connectivity index (χ1v) is 47.7. The lowest BCUT2D eigenvalue weighted by Gasteiger charge is -2.35. The van der Waals surface area contributed by atoms with Gasteiger partial charge >= 0.3 is 18.1 Å². The van der Waals surface area contributed by atoms with Gasteiger partial charge in [-0.25, -0.2) is 23.8 Å². The number of hydrogen-bond acceptors (Lipinski definition) is 39. The van der Waals surface area contributed by atoms with E-state index in [-0.39, 0.29) is 165 Å². The number of carbonyl (C=O) groups excluding carboxylic acids is 10. The van der Waals surface area contributed by atoms with Gasteiger partial charge in [0.2, 0.25) is 23.6 Å². The molecule has 27 N–H and O–H groups in total. The number of carbonyl (C=O) groups is 10. The van der Waals surface area contributed by atoms with Gasteiger partial charge in [0.05, 0.1) is 146 Å². The van der Waals surface area contributed by atoms with E-state index in [1.165, 1.54) is 35.8 Å². The minimum absolute atomic E-state index is 0.00429. The fourth-order valence-electron chi connectivity index (χ4n) is 16.3. The van der Waals surface area contributed by atoms with Crippen LogP contribution in [-0.2, 0) is 108 Å². The van der Waals surface area contributed by atoms with Crippen molar-refractivity contribution in [3.8, 4) is 11.4 Å². The summed E-state index contributed by atoms with van der Waals surface area (Å²) in [5, 5.41) is 204. The molecule has 0 saturated carbocycles. The Morgan fingerprint density at radius 1 is 0.594 bits per heavy atom. The van der Waals surface area contributed by atoms with Crippen LogP contribution in [0, 0.1) is 18.7 Å². The molecule has 10 amide bonds. The van der Waals surface area contributed by atoms with Crippen LogP contribution in [0.25, 0.3) is 22.3 Å². The molecule has 143 heavy (non-hydrogen) atoms. The van der Waals surface area contributed by atoms with Crippen LogP contribution in [0.15, 0.2) is 53.3 Å². The van der Waals surface area contributed by atoms with Gasteiger partial charge in [0.1, 0.15) is 104 Å². The number of nitrogens with one attached hydrogen (secondary N) is 7. The zero-order valence-electron chi connectivity index (χ0n) is 79.8. The van der Waals surface area contributed by atoms with E-state index < -0.39 is 263 Å².